The topological polar surface area (TPSA) is 50.1 Å². The Morgan fingerprint density at radius 3 is 2.59 bits per heavy atom. The van der Waals surface area contributed by atoms with Crippen LogP contribution in [-0.2, 0) is 4.79 Å². The molecule has 4 heteroatoms. The summed E-state index contributed by atoms with van der Waals surface area (Å²) < 4.78 is 18.2. The highest BCUT2D eigenvalue weighted by atomic mass is 19.1. The van der Waals surface area contributed by atoms with Gasteiger partial charge in [-0.05, 0) is 18.2 Å². The lowest BCUT2D eigenvalue weighted by atomic mass is 9.89. The van der Waals surface area contributed by atoms with E-state index in [1.165, 1.54) is 25.3 Å². The molecule has 0 aromatic heterocycles. The number of carbonyl (C=O) groups is 1. The van der Waals surface area contributed by atoms with Crippen molar-refractivity contribution < 1.29 is 13.9 Å². The van der Waals surface area contributed by atoms with Gasteiger partial charge in [0, 0.05) is 11.5 Å². The van der Waals surface area contributed by atoms with E-state index in [1.54, 1.807) is 13.8 Å². The van der Waals surface area contributed by atoms with Crippen LogP contribution in [0.2, 0.25) is 0 Å². The average Bonchev–Trinajstić information content (AvgIpc) is 2.30. The Balaban J connectivity index is 3.25. The Bertz CT molecular complexity index is 463. The fourth-order valence-corrected chi connectivity index (χ4v) is 1.55. The van der Waals surface area contributed by atoms with Crippen molar-refractivity contribution in [3.63, 3.8) is 0 Å². The van der Waals surface area contributed by atoms with Gasteiger partial charge in [-0.1, -0.05) is 13.8 Å². The molecule has 0 N–H and O–H groups in total. The third kappa shape index (κ3) is 2.82. The Morgan fingerprint density at radius 2 is 2.12 bits per heavy atom. The lowest BCUT2D eigenvalue weighted by molar-refractivity contribution is -0.122. The van der Waals surface area contributed by atoms with Crippen molar-refractivity contribution in [3.05, 3.63) is 29.6 Å². The minimum atomic E-state index is -0.986. The molecule has 0 saturated carbocycles. The summed E-state index contributed by atoms with van der Waals surface area (Å²) in [7, 11) is 1.42. The molecule has 1 aromatic rings. The molecule has 0 fully saturated rings. The Kier molecular flexibility index (Phi) is 4.22. The van der Waals surface area contributed by atoms with Crippen LogP contribution in [-0.4, -0.2) is 12.9 Å². The van der Waals surface area contributed by atoms with Gasteiger partial charge in [0.1, 0.15) is 17.5 Å². The monoisotopic (exact) mass is 235 g/mol. The highest BCUT2D eigenvalue weighted by Crippen LogP contribution is 2.29. The van der Waals surface area contributed by atoms with Crippen molar-refractivity contribution >= 4 is 5.78 Å². The van der Waals surface area contributed by atoms with Gasteiger partial charge in [-0.15, -0.1) is 0 Å². The van der Waals surface area contributed by atoms with Crippen LogP contribution in [0.25, 0.3) is 0 Å². The van der Waals surface area contributed by atoms with E-state index >= 15 is 0 Å². The molecule has 0 bridgehead atoms. The smallest absolute Gasteiger partial charge is 0.157 e. The number of Topliss-reactive ketones (excluding diaryl/α,β-unsaturated/α-hetero) is 1. The molecule has 1 atom stereocenters. The summed E-state index contributed by atoms with van der Waals surface area (Å²) in [5.41, 5.74) is 0.286. The van der Waals surface area contributed by atoms with E-state index in [1.807, 2.05) is 6.07 Å². The number of methoxy groups -OCH3 is 1. The number of nitrogens with zero attached hydrogens (tertiary/aromatic N) is 1. The molecule has 1 unspecified atom stereocenters. The van der Waals surface area contributed by atoms with Crippen molar-refractivity contribution in [2.24, 2.45) is 5.92 Å². The van der Waals surface area contributed by atoms with Crippen LogP contribution in [0.3, 0.4) is 0 Å². The number of hydrogen-bond acceptors (Lipinski definition) is 3. The van der Waals surface area contributed by atoms with E-state index in [0.29, 0.717) is 5.75 Å². The zero-order valence-electron chi connectivity index (χ0n) is 10.0. The van der Waals surface area contributed by atoms with E-state index in [-0.39, 0.29) is 17.3 Å². The molecule has 0 saturated heterocycles. The number of ether oxygens (including phenoxy) is 1. The average molecular weight is 235 g/mol. The maximum atomic E-state index is 13.2. The van der Waals surface area contributed by atoms with Gasteiger partial charge in [-0.3, -0.25) is 4.79 Å². The molecule has 0 spiro atoms. The van der Waals surface area contributed by atoms with Crippen molar-refractivity contribution in [1.29, 1.82) is 5.26 Å². The maximum absolute atomic E-state index is 13.2. The van der Waals surface area contributed by atoms with E-state index in [9.17, 15) is 9.18 Å². The van der Waals surface area contributed by atoms with Crippen LogP contribution in [0.4, 0.5) is 4.39 Å². The van der Waals surface area contributed by atoms with Crippen LogP contribution >= 0.6 is 0 Å². The Morgan fingerprint density at radius 1 is 1.47 bits per heavy atom. The van der Waals surface area contributed by atoms with E-state index in [0.717, 1.165) is 0 Å². The predicted octanol–water partition coefficient (Wildman–Crippen LogP) is 2.67. The van der Waals surface area contributed by atoms with Crippen LogP contribution < -0.4 is 4.74 Å². The first-order valence-corrected chi connectivity index (χ1v) is 5.28. The Hall–Kier alpha value is -1.89. The third-order valence-corrected chi connectivity index (χ3v) is 2.49. The van der Waals surface area contributed by atoms with Gasteiger partial charge >= 0.3 is 0 Å². The van der Waals surface area contributed by atoms with Crippen molar-refractivity contribution in [2.75, 3.05) is 7.11 Å². The van der Waals surface area contributed by atoms with Gasteiger partial charge in [-0.2, -0.15) is 5.26 Å². The van der Waals surface area contributed by atoms with Crippen molar-refractivity contribution in [3.8, 4) is 11.8 Å². The maximum Gasteiger partial charge on any atom is 0.157 e. The van der Waals surface area contributed by atoms with Gasteiger partial charge in [0.25, 0.3) is 0 Å². The van der Waals surface area contributed by atoms with Gasteiger partial charge in [0.05, 0.1) is 13.2 Å². The van der Waals surface area contributed by atoms with Crippen LogP contribution in [0.5, 0.6) is 5.75 Å². The zero-order valence-corrected chi connectivity index (χ0v) is 10.0. The minimum Gasteiger partial charge on any atom is -0.496 e. The van der Waals surface area contributed by atoms with Gasteiger partial charge < -0.3 is 4.74 Å². The molecule has 0 heterocycles. The summed E-state index contributed by atoms with van der Waals surface area (Å²) in [5, 5.41) is 9.06. The first-order chi connectivity index (χ1) is 8.01. The number of carbonyl (C=O) groups excluding carboxylic acids is 1. The molecule has 0 aliphatic carbocycles. The molecule has 90 valence electrons. The lowest BCUT2D eigenvalue weighted by Gasteiger charge is -2.14. The summed E-state index contributed by atoms with van der Waals surface area (Å²) >= 11 is 0. The highest BCUT2D eigenvalue weighted by Gasteiger charge is 2.26. The SMILES string of the molecule is COc1ccc(F)cc1C(C#N)C(=O)C(C)C. The number of hydrogen-bond donors (Lipinski definition) is 0. The second kappa shape index (κ2) is 5.44. The quantitative estimate of drug-likeness (QED) is 0.806. The molecule has 17 heavy (non-hydrogen) atoms. The molecular weight excluding hydrogens is 221 g/mol. The fourth-order valence-electron chi connectivity index (χ4n) is 1.55. The number of rotatable bonds is 4. The summed E-state index contributed by atoms with van der Waals surface area (Å²) in [6.07, 6.45) is 0. The second-order valence-electron chi connectivity index (χ2n) is 4.01. The van der Waals surface area contributed by atoms with Crippen LogP contribution in [0.15, 0.2) is 18.2 Å². The molecule has 1 aromatic carbocycles. The minimum absolute atomic E-state index is 0.239. The predicted molar refractivity (Wildman–Crippen MR) is 61.2 cm³/mol. The van der Waals surface area contributed by atoms with Gasteiger partial charge in [-0.25, -0.2) is 4.39 Å². The second-order valence-corrected chi connectivity index (χ2v) is 4.01. The standard InChI is InChI=1S/C13H14FNO2/c1-8(2)13(16)11(7-15)10-6-9(14)4-5-12(10)17-3/h4-6,8,11H,1-3H3. The summed E-state index contributed by atoms with van der Waals surface area (Å²) in [5.74, 6) is -1.64. The fraction of sp³-hybridized carbons (Fsp3) is 0.385. The number of halogens is 1. The molecular formula is C13H14FNO2. The molecule has 0 radical (unpaired) electrons. The molecule has 0 aliphatic rings. The summed E-state index contributed by atoms with van der Waals surface area (Å²) in [6, 6.07) is 5.73. The largest absolute Gasteiger partial charge is 0.496 e. The Labute approximate surface area is 99.8 Å². The van der Waals surface area contributed by atoms with Crippen molar-refractivity contribution in [2.45, 2.75) is 19.8 Å². The zero-order chi connectivity index (χ0) is 13.0. The van der Waals surface area contributed by atoms with E-state index < -0.39 is 11.7 Å². The molecule has 1 rings (SSSR count). The van der Waals surface area contributed by atoms with Crippen LogP contribution in [0, 0.1) is 23.1 Å². The number of ketones is 1. The van der Waals surface area contributed by atoms with E-state index in [2.05, 4.69) is 0 Å². The third-order valence-electron chi connectivity index (χ3n) is 2.49. The summed E-state index contributed by atoms with van der Waals surface area (Å²) in [4.78, 5) is 11.9. The summed E-state index contributed by atoms with van der Waals surface area (Å²) in [6.45, 7) is 3.41. The first kappa shape index (κ1) is 13.2. The van der Waals surface area contributed by atoms with Gasteiger partial charge in [0.15, 0.2) is 5.78 Å². The van der Waals surface area contributed by atoms with Gasteiger partial charge in [0.2, 0.25) is 0 Å². The number of nitriles is 1. The molecule has 3 nitrogen and oxygen atoms in total. The lowest BCUT2D eigenvalue weighted by Crippen LogP contribution is -2.17. The normalized spacial score (nSPS) is 12.0. The highest BCUT2D eigenvalue weighted by molar-refractivity contribution is 5.90. The molecule has 0 aliphatic heterocycles. The first-order valence-electron chi connectivity index (χ1n) is 5.28. The van der Waals surface area contributed by atoms with E-state index in [4.69, 9.17) is 10.00 Å². The molecule has 0 amide bonds. The van der Waals surface area contributed by atoms with Crippen molar-refractivity contribution in [1.82, 2.24) is 0 Å². The number of benzene rings is 1. The van der Waals surface area contributed by atoms with Crippen LogP contribution in [0.1, 0.15) is 25.3 Å².